The summed E-state index contributed by atoms with van der Waals surface area (Å²) in [5, 5.41) is 20.2. The van der Waals surface area contributed by atoms with Crippen LogP contribution >= 0.6 is 11.8 Å². The van der Waals surface area contributed by atoms with Gasteiger partial charge in [-0.25, -0.2) is 9.78 Å². The summed E-state index contributed by atoms with van der Waals surface area (Å²) in [7, 11) is 1.42. The molecule has 108 valence electrons. The van der Waals surface area contributed by atoms with Gasteiger partial charge in [0.05, 0.1) is 23.7 Å². The highest BCUT2D eigenvalue weighted by atomic mass is 32.2. The van der Waals surface area contributed by atoms with Crippen LogP contribution < -0.4 is 4.74 Å². The van der Waals surface area contributed by atoms with Crippen LogP contribution in [0.2, 0.25) is 0 Å². The van der Waals surface area contributed by atoms with Crippen molar-refractivity contribution in [3.8, 4) is 5.75 Å². The first-order chi connectivity index (χ1) is 9.99. The molecule has 0 amide bonds. The average Bonchev–Trinajstić information content (AvgIpc) is 2.47. The third-order valence-electron chi connectivity index (χ3n) is 2.52. The highest BCUT2D eigenvalue weighted by Gasteiger charge is 2.12. The standard InChI is InChI=1S/C13H10N2O5S/c1-20-10-4-9(15(18)19)5-11(6-10)21-12-3-2-8(7-14-12)13(16)17/h2-7H,1H3,(H,16,17). The average molecular weight is 306 g/mol. The molecule has 0 saturated carbocycles. The molecule has 0 aliphatic carbocycles. The van der Waals surface area contributed by atoms with Crippen molar-refractivity contribution in [3.05, 3.63) is 52.2 Å². The van der Waals surface area contributed by atoms with Gasteiger partial charge in [0.1, 0.15) is 10.8 Å². The number of carbonyl (C=O) groups is 1. The molecule has 0 spiro atoms. The molecule has 2 rings (SSSR count). The van der Waals surface area contributed by atoms with Crippen molar-refractivity contribution in [2.45, 2.75) is 9.92 Å². The predicted molar refractivity (Wildman–Crippen MR) is 75.0 cm³/mol. The Morgan fingerprint density at radius 1 is 1.38 bits per heavy atom. The van der Waals surface area contributed by atoms with Gasteiger partial charge in [0.15, 0.2) is 0 Å². The van der Waals surface area contributed by atoms with Crippen molar-refractivity contribution in [1.29, 1.82) is 0 Å². The first-order valence-electron chi connectivity index (χ1n) is 5.70. The number of hydrogen-bond donors (Lipinski definition) is 1. The van der Waals surface area contributed by atoms with Gasteiger partial charge in [-0.1, -0.05) is 11.8 Å². The number of carboxylic acid groups (broad SMARTS) is 1. The van der Waals surface area contributed by atoms with Crippen LogP contribution in [-0.2, 0) is 0 Å². The van der Waals surface area contributed by atoms with E-state index in [1.54, 1.807) is 12.1 Å². The van der Waals surface area contributed by atoms with Gasteiger partial charge in [0.25, 0.3) is 5.69 Å². The fourth-order valence-electron chi connectivity index (χ4n) is 1.53. The quantitative estimate of drug-likeness (QED) is 0.669. The van der Waals surface area contributed by atoms with Crippen molar-refractivity contribution >= 4 is 23.4 Å². The van der Waals surface area contributed by atoms with Gasteiger partial charge >= 0.3 is 5.97 Å². The summed E-state index contributed by atoms with van der Waals surface area (Å²) in [5.74, 6) is -0.690. The SMILES string of the molecule is COc1cc(Sc2ccc(C(=O)O)cn2)cc([N+](=O)[O-])c1. The minimum absolute atomic E-state index is 0.0796. The Labute approximate surface area is 123 Å². The fraction of sp³-hybridized carbons (Fsp3) is 0.0769. The molecule has 0 unspecified atom stereocenters. The lowest BCUT2D eigenvalue weighted by molar-refractivity contribution is -0.385. The van der Waals surface area contributed by atoms with Crippen molar-refractivity contribution in [2.24, 2.45) is 0 Å². The summed E-state index contributed by atoms with van der Waals surface area (Å²) in [6.07, 6.45) is 1.24. The number of nitro groups is 1. The summed E-state index contributed by atoms with van der Waals surface area (Å²) < 4.78 is 5.02. The second-order valence-corrected chi connectivity index (χ2v) is 5.01. The first-order valence-corrected chi connectivity index (χ1v) is 6.52. The number of nitro benzene ring substituents is 1. The zero-order chi connectivity index (χ0) is 15.4. The highest BCUT2D eigenvalue weighted by Crippen LogP contribution is 2.32. The van der Waals surface area contributed by atoms with Crippen molar-refractivity contribution < 1.29 is 19.6 Å². The van der Waals surface area contributed by atoms with Crippen LogP contribution in [0.25, 0.3) is 0 Å². The van der Waals surface area contributed by atoms with E-state index in [1.165, 1.54) is 43.3 Å². The minimum atomic E-state index is -1.06. The number of aromatic nitrogens is 1. The summed E-state index contributed by atoms with van der Waals surface area (Å²) in [5.41, 5.74) is -0.00465. The first kappa shape index (κ1) is 14.8. The lowest BCUT2D eigenvalue weighted by Crippen LogP contribution is -1.96. The lowest BCUT2D eigenvalue weighted by Gasteiger charge is -2.05. The maximum absolute atomic E-state index is 10.9. The molecular formula is C13H10N2O5S. The Morgan fingerprint density at radius 2 is 2.14 bits per heavy atom. The van der Waals surface area contributed by atoms with Crippen LogP contribution in [0.1, 0.15) is 10.4 Å². The fourth-order valence-corrected chi connectivity index (χ4v) is 2.36. The molecule has 21 heavy (non-hydrogen) atoms. The number of rotatable bonds is 5. The van der Waals surface area contributed by atoms with Gasteiger partial charge < -0.3 is 9.84 Å². The van der Waals surface area contributed by atoms with Crippen LogP contribution in [0.4, 0.5) is 5.69 Å². The molecule has 2 aromatic rings. The van der Waals surface area contributed by atoms with Gasteiger partial charge in [-0.05, 0) is 18.2 Å². The monoisotopic (exact) mass is 306 g/mol. The molecule has 0 bridgehead atoms. The topological polar surface area (TPSA) is 103 Å². The maximum Gasteiger partial charge on any atom is 0.337 e. The van der Waals surface area contributed by atoms with E-state index in [1.807, 2.05) is 0 Å². The lowest BCUT2D eigenvalue weighted by atomic mass is 10.3. The second kappa shape index (κ2) is 6.23. The van der Waals surface area contributed by atoms with E-state index in [0.717, 1.165) is 0 Å². The Hall–Kier alpha value is -2.61. The zero-order valence-electron chi connectivity index (χ0n) is 10.8. The smallest absolute Gasteiger partial charge is 0.337 e. The number of carboxylic acids is 1. The molecule has 7 nitrogen and oxygen atoms in total. The van der Waals surface area contributed by atoms with Crippen LogP contribution in [0.15, 0.2) is 46.5 Å². The number of pyridine rings is 1. The number of hydrogen-bond acceptors (Lipinski definition) is 6. The Bertz CT molecular complexity index is 687. The van der Waals surface area contributed by atoms with Crippen LogP contribution in [0.5, 0.6) is 5.75 Å². The molecule has 1 N–H and O–H groups in total. The number of nitrogens with zero attached hydrogens (tertiary/aromatic N) is 2. The number of aromatic carboxylic acids is 1. The van der Waals surface area contributed by atoms with Crippen molar-refractivity contribution in [3.63, 3.8) is 0 Å². The van der Waals surface area contributed by atoms with Crippen LogP contribution in [-0.4, -0.2) is 28.1 Å². The predicted octanol–water partition coefficient (Wildman–Crippen LogP) is 2.85. The normalized spacial score (nSPS) is 10.1. The molecule has 1 aromatic heterocycles. The van der Waals surface area contributed by atoms with Crippen LogP contribution in [0, 0.1) is 10.1 Å². The van der Waals surface area contributed by atoms with E-state index in [2.05, 4.69) is 4.98 Å². The Kier molecular flexibility index (Phi) is 4.39. The number of benzene rings is 1. The van der Waals surface area contributed by atoms with Crippen molar-refractivity contribution in [1.82, 2.24) is 4.98 Å². The summed E-state index contributed by atoms with van der Waals surface area (Å²) in [6, 6.07) is 7.33. The number of non-ortho nitro benzene ring substituents is 1. The van der Waals surface area contributed by atoms with Gasteiger partial charge in [0, 0.05) is 17.2 Å². The van der Waals surface area contributed by atoms with E-state index in [0.29, 0.717) is 15.7 Å². The molecule has 0 fully saturated rings. The molecule has 0 aliphatic heterocycles. The molecule has 0 atom stereocenters. The van der Waals surface area contributed by atoms with E-state index in [-0.39, 0.29) is 11.3 Å². The summed E-state index contributed by atoms with van der Waals surface area (Å²) >= 11 is 1.18. The van der Waals surface area contributed by atoms with Crippen LogP contribution in [0.3, 0.4) is 0 Å². The molecule has 0 aliphatic rings. The summed E-state index contributed by atoms with van der Waals surface area (Å²) in [4.78, 5) is 25.7. The number of ether oxygens (including phenoxy) is 1. The van der Waals surface area contributed by atoms with E-state index < -0.39 is 10.9 Å². The molecule has 0 saturated heterocycles. The molecule has 8 heteroatoms. The molecular weight excluding hydrogens is 296 g/mol. The van der Waals surface area contributed by atoms with Gasteiger partial charge in [-0.2, -0.15) is 0 Å². The van der Waals surface area contributed by atoms with Crippen molar-refractivity contribution in [2.75, 3.05) is 7.11 Å². The van der Waals surface area contributed by atoms with Gasteiger partial charge in [0.2, 0.25) is 0 Å². The number of methoxy groups -OCH3 is 1. The van der Waals surface area contributed by atoms with Gasteiger partial charge in [-0.15, -0.1) is 0 Å². The van der Waals surface area contributed by atoms with E-state index in [4.69, 9.17) is 9.84 Å². The minimum Gasteiger partial charge on any atom is -0.496 e. The molecule has 0 radical (unpaired) electrons. The molecule has 1 aromatic carbocycles. The maximum atomic E-state index is 10.9. The largest absolute Gasteiger partial charge is 0.496 e. The third-order valence-corrected chi connectivity index (χ3v) is 3.44. The molecule has 1 heterocycles. The van der Waals surface area contributed by atoms with Gasteiger partial charge in [-0.3, -0.25) is 10.1 Å². The Morgan fingerprint density at radius 3 is 2.67 bits per heavy atom. The second-order valence-electron chi connectivity index (χ2n) is 3.92. The highest BCUT2D eigenvalue weighted by molar-refractivity contribution is 7.99. The Balaban J connectivity index is 2.28. The zero-order valence-corrected chi connectivity index (χ0v) is 11.7. The van der Waals surface area contributed by atoms with E-state index >= 15 is 0 Å². The third kappa shape index (κ3) is 3.69. The van der Waals surface area contributed by atoms with E-state index in [9.17, 15) is 14.9 Å². The summed E-state index contributed by atoms with van der Waals surface area (Å²) in [6.45, 7) is 0.